The zero-order valence-corrected chi connectivity index (χ0v) is 12.0. The topological polar surface area (TPSA) is 15.3 Å². The number of rotatable bonds is 2. The van der Waals surface area contributed by atoms with Crippen LogP contribution in [0.1, 0.15) is 19.4 Å². The van der Waals surface area contributed by atoms with Gasteiger partial charge >= 0.3 is 0 Å². The van der Waals surface area contributed by atoms with Crippen molar-refractivity contribution in [2.45, 2.75) is 32.5 Å². The normalized spacial score (nSPS) is 26.4. The molecule has 0 aromatic carbocycles. The maximum absolute atomic E-state index is 6.11. The second-order valence-corrected chi connectivity index (χ2v) is 5.90. The zero-order valence-electron chi connectivity index (χ0n) is 9.57. The van der Waals surface area contributed by atoms with E-state index in [9.17, 15) is 0 Å². The largest absolute Gasteiger partial charge is 0.309 e. The summed E-state index contributed by atoms with van der Waals surface area (Å²) in [7, 11) is 0. The maximum Gasteiger partial charge on any atom is 0.0973 e. The predicted octanol–water partition coefficient (Wildman–Crippen LogP) is 3.01. The van der Waals surface area contributed by atoms with E-state index in [1.165, 1.54) is 5.56 Å². The number of nitrogens with one attached hydrogen (secondary N) is 1. The minimum Gasteiger partial charge on any atom is -0.309 e. The Morgan fingerprint density at radius 1 is 1.44 bits per heavy atom. The van der Waals surface area contributed by atoms with Crippen molar-refractivity contribution in [2.75, 3.05) is 13.1 Å². The van der Waals surface area contributed by atoms with Gasteiger partial charge in [0.1, 0.15) is 0 Å². The van der Waals surface area contributed by atoms with E-state index >= 15 is 0 Å². The number of nitrogens with zero attached hydrogens (tertiary/aromatic N) is 1. The molecule has 0 radical (unpaired) electrons. The van der Waals surface area contributed by atoms with Gasteiger partial charge in [-0.2, -0.15) is 0 Å². The van der Waals surface area contributed by atoms with Crippen LogP contribution in [0.3, 0.4) is 0 Å². The lowest BCUT2D eigenvalue weighted by atomic mass is 10.1. The third kappa shape index (κ3) is 3.60. The fraction of sp³-hybridized carbons (Fsp3) is 0.636. The summed E-state index contributed by atoms with van der Waals surface area (Å²) in [6.45, 7) is 7.67. The van der Waals surface area contributed by atoms with Crippen LogP contribution in [-0.4, -0.2) is 30.1 Å². The Kier molecular flexibility index (Phi) is 5.54. The Labute approximate surface area is 112 Å². The zero-order chi connectivity index (χ0) is 10.8. The first kappa shape index (κ1) is 14.3. The second kappa shape index (κ2) is 6.22. The van der Waals surface area contributed by atoms with Gasteiger partial charge in [0.15, 0.2) is 0 Å². The van der Waals surface area contributed by atoms with Crippen LogP contribution in [0.2, 0.25) is 4.34 Å². The number of thiophene rings is 1. The highest BCUT2D eigenvalue weighted by molar-refractivity contribution is 7.14. The van der Waals surface area contributed by atoms with Gasteiger partial charge in [-0.1, -0.05) is 11.6 Å². The predicted molar refractivity (Wildman–Crippen MR) is 73.9 cm³/mol. The summed E-state index contributed by atoms with van der Waals surface area (Å²) in [6, 6.07) is 3.28. The average molecular weight is 281 g/mol. The molecule has 16 heavy (non-hydrogen) atoms. The lowest BCUT2D eigenvalue weighted by molar-refractivity contribution is 0.167. The summed E-state index contributed by atoms with van der Waals surface area (Å²) in [6.07, 6.45) is 0. The molecule has 2 unspecified atom stereocenters. The minimum absolute atomic E-state index is 0. The number of halogens is 2. The smallest absolute Gasteiger partial charge is 0.0973 e. The molecular weight excluding hydrogens is 263 g/mol. The van der Waals surface area contributed by atoms with Crippen molar-refractivity contribution in [1.29, 1.82) is 0 Å². The third-order valence-electron chi connectivity index (χ3n) is 2.72. The van der Waals surface area contributed by atoms with E-state index in [2.05, 4.69) is 35.5 Å². The molecule has 1 aromatic rings. The van der Waals surface area contributed by atoms with Crippen LogP contribution in [0, 0.1) is 0 Å². The van der Waals surface area contributed by atoms with E-state index in [4.69, 9.17) is 11.6 Å². The molecular formula is C11H18Cl2N2S. The van der Waals surface area contributed by atoms with Crippen LogP contribution in [-0.2, 0) is 6.54 Å². The fourth-order valence-electron chi connectivity index (χ4n) is 2.24. The second-order valence-electron chi connectivity index (χ2n) is 4.38. The SMILES string of the molecule is CC1CN(Cc2ccsc2Cl)CC(C)N1.Cl. The van der Waals surface area contributed by atoms with Crippen molar-refractivity contribution >= 4 is 35.3 Å². The molecule has 2 atom stereocenters. The first-order valence-corrected chi connectivity index (χ1v) is 6.61. The summed E-state index contributed by atoms with van der Waals surface area (Å²) < 4.78 is 0.939. The van der Waals surface area contributed by atoms with E-state index in [-0.39, 0.29) is 12.4 Å². The van der Waals surface area contributed by atoms with Gasteiger partial charge in [-0.25, -0.2) is 0 Å². The van der Waals surface area contributed by atoms with E-state index in [1.807, 2.05) is 0 Å². The number of hydrogen-bond acceptors (Lipinski definition) is 3. The van der Waals surface area contributed by atoms with Crippen molar-refractivity contribution in [3.8, 4) is 0 Å². The van der Waals surface area contributed by atoms with Crippen LogP contribution >= 0.6 is 35.3 Å². The Morgan fingerprint density at radius 3 is 2.56 bits per heavy atom. The summed E-state index contributed by atoms with van der Waals surface area (Å²) >= 11 is 7.73. The van der Waals surface area contributed by atoms with Gasteiger partial charge in [-0.05, 0) is 30.9 Å². The molecule has 1 aliphatic rings. The van der Waals surface area contributed by atoms with Gasteiger partial charge in [0.05, 0.1) is 4.34 Å². The highest BCUT2D eigenvalue weighted by Gasteiger charge is 2.21. The highest BCUT2D eigenvalue weighted by Crippen LogP contribution is 2.24. The van der Waals surface area contributed by atoms with Gasteiger partial charge in [0.25, 0.3) is 0 Å². The highest BCUT2D eigenvalue weighted by atomic mass is 35.5. The van der Waals surface area contributed by atoms with E-state index in [0.29, 0.717) is 12.1 Å². The summed E-state index contributed by atoms with van der Waals surface area (Å²) in [4.78, 5) is 2.47. The summed E-state index contributed by atoms with van der Waals surface area (Å²) in [5.74, 6) is 0. The molecule has 1 N–H and O–H groups in total. The van der Waals surface area contributed by atoms with Gasteiger partial charge in [0.2, 0.25) is 0 Å². The third-order valence-corrected chi connectivity index (χ3v) is 3.97. The van der Waals surface area contributed by atoms with Crippen LogP contribution in [0.5, 0.6) is 0 Å². The molecule has 0 amide bonds. The maximum atomic E-state index is 6.11. The molecule has 0 saturated carbocycles. The van der Waals surface area contributed by atoms with Gasteiger partial charge in [-0.3, -0.25) is 4.90 Å². The summed E-state index contributed by atoms with van der Waals surface area (Å²) in [5, 5.41) is 5.59. The fourth-order valence-corrected chi connectivity index (χ4v) is 3.16. The van der Waals surface area contributed by atoms with Crippen LogP contribution in [0.4, 0.5) is 0 Å². The monoisotopic (exact) mass is 280 g/mol. The van der Waals surface area contributed by atoms with Crippen LogP contribution in [0.25, 0.3) is 0 Å². The Morgan fingerprint density at radius 2 is 2.06 bits per heavy atom. The van der Waals surface area contributed by atoms with Gasteiger partial charge in [0, 0.05) is 31.7 Å². The van der Waals surface area contributed by atoms with E-state index < -0.39 is 0 Å². The van der Waals surface area contributed by atoms with Gasteiger partial charge < -0.3 is 5.32 Å². The Balaban J connectivity index is 0.00000128. The molecule has 5 heteroatoms. The quantitative estimate of drug-likeness (QED) is 0.896. The molecule has 1 saturated heterocycles. The molecule has 2 nitrogen and oxygen atoms in total. The van der Waals surface area contributed by atoms with Crippen molar-refractivity contribution in [3.05, 3.63) is 21.3 Å². The molecule has 0 spiro atoms. The standard InChI is InChI=1S/C11H17ClN2S.ClH/c1-8-5-14(6-9(2)13-8)7-10-3-4-15-11(10)12;/h3-4,8-9,13H,5-7H2,1-2H3;1H. The molecule has 0 aliphatic carbocycles. The Hall–Kier alpha value is 0.200. The molecule has 1 aromatic heterocycles. The molecule has 0 bridgehead atoms. The van der Waals surface area contributed by atoms with Crippen LogP contribution in [0.15, 0.2) is 11.4 Å². The first-order chi connectivity index (χ1) is 7.15. The molecule has 1 aliphatic heterocycles. The number of hydrogen-bond donors (Lipinski definition) is 1. The minimum atomic E-state index is 0. The molecule has 2 rings (SSSR count). The van der Waals surface area contributed by atoms with Crippen LogP contribution < -0.4 is 5.32 Å². The average Bonchev–Trinajstić information content (AvgIpc) is 2.50. The van der Waals surface area contributed by atoms with Crippen molar-refractivity contribution in [2.24, 2.45) is 0 Å². The summed E-state index contributed by atoms with van der Waals surface area (Å²) in [5.41, 5.74) is 1.27. The Bertz CT molecular complexity index is 320. The molecule has 92 valence electrons. The first-order valence-electron chi connectivity index (χ1n) is 5.35. The van der Waals surface area contributed by atoms with Crippen molar-refractivity contribution in [1.82, 2.24) is 10.2 Å². The van der Waals surface area contributed by atoms with E-state index in [1.54, 1.807) is 11.3 Å². The van der Waals surface area contributed by atoms with Gasteiger partial charge in [-0.15, -0.1) is 23.7 Å². The van der Waals surface area contributed by atoms with Crippen molar-refractivity contribution in [3.63, 3.8) is 0 Å². The molecule has 2 heterocycles. The van der Waals surface area contributed by atoms with Crippen molar-refractivity contribution < 1.29 is 0 Å². The molecule has 1 fully saturated rings. The number of piperazine rings is 1. The lowest BCUT2D eigenvalue weighted by Gasteiger charge is -2.36. The van der Waals surface area contributed by atoms with E-state index in [0.717, 1.165) is 24.0 Å². The lowest BCUT2D eigenvalue weighted by Crippen LogP contribution is -2.53.